The first-order valence-electron chi connectivity index (χ1n) is 6.14. The Morgan fingerprint density at radius 2 is 2.12 bits per heavy atom. The van der Waals surface area contributed by atoms with Crippen molar-refractivity contribution in [2.24, 2.45) is 22.7 Å². The van der Waals surface area contributed by atoms with E-state index in [-0.39, 0.29) is 5.41 Å². The van der Waals surface area contributed by atoms with Gasteiger partial charge in [0.25, 0.3) is 0 Å². The molecule has 3 rings (SSSR count). The Bertz CT molecular complexity index is 330. The topological polar surface area (TPSA) is 26.3 Å². The number of carbonyl (C=O) groups excluding carboxylic acids is 1. The van der Waals surface area contributed by atoms with Crippen molar-refractivity contribution in [3.63, 3.8) is 0 Å². The van der Waals surface area contributed by atoms with Crippen LogP contribution >= 0.6 is 0 Å². The molecule has 2 heteroatoms. The third-order valence-electron chi connectivity index (χ3n) is 5.08. The molecular formula is C14H22O2. The van der Waals surface area contributed by atoms with Gasteiger partial charge in [-0.1, -0.05) is 20.8 Å². The normalized spacial score (nSPS) is 40.9. The molecule has 3 atom stereocenters. The van der Waals surface area contributed by atoms with Crippen LogP contribution in [-0.4, -0.2) is 12.9 Å². The highest BCUT2D eigenvalue weighted by Crippen LogP contribution is 2.65. The van der Waals surface area contributed by atoms with Crippen LogP contribution in [0.4, 0.5) is 0 Å². The molecule has 0 aromatic heterocycles. The quantitative estimate of drug-likeness (QED) is 0.685. The van der Waals surface area contributed by atoms with Crippen LogP contribution < -0.4 is 0 Å². The van der Waals surface area contributed by atoms with Crippen LogP contribution in [0.15, 0.2) is 12.3 Å². The van der Waals surface area contributed by atoms with E-state index in [1.807, 2.05) is 6.08 Å². The second kappa shape index (κ2) is 3.61. The smallest absolute Gasteiger partial charge is 0.139 e. The predicted molar refractivity (Wildman–Crippen MR) is 63.9 cm³/mol. The number of fused-ring (bicyclic) bond motifs is 2. The van der Waals surface area contributed by atoms with Gasteiger partial charge in [0.05, 0.1) is 13.4 Å². The summed E-state index contributed by atoms with van der Waals surface area (Å²) in [6, 6.07) is 0. The second-order valence-electron chi connectivity index (χ2n) is 6.16. The van der Waals surface area contributed by atoms with E-state index in [0.717, 1.165) is 12.8 Å². The van der Waals surface area contributed by atoms with Crippen LogP contribution in [0.2, 0.25) is 0 Å². The first kappa shape index (κ1) is 11.7. The number of ether oxygens (including phenoxy) is 1. The number of hydrogen-bond acceptors (Lipinski definition) is 2. The summed E-state index contributed by atoms with van der Waals surface area (Å²) in [6.45, 7) is 6.77. The average Bonchev–Trinajstić information content (AvgIpc) is 2.22. The fourth-order valence-electron chi connectivity index (χ4n) is 3.74. The minimum Gasteiger partial charge on any atom is -0.505 e. The van der Waals surface area contributed by atoms with Crippen LogP contribution in [0, 0.1) is 22.7 Å². The molecule has 0 saturated heterocycles. The molecule has 3 aliphatic carbocycles. The highest BCUT2D eigenvalue weighted by molar-refractivity contribution is 5.87. The van der Waals surface area contributed by atoms with Crippen molar-refractivity contribution in [1.29, 1.82) is 0 Å². The lowest BCUT2D eigenvalue weighted by atomic mass is 9.40. The average molecular weight is 222 g/mol. The fourth-order valence-corrected chi connectivity index (χ4v) is 3.74. The van der Waals surface area contributed by atoms with E-state index in [1.54, 1.807) is 13.4 Å². The maximum atomic E-state index is 12.2. The zero-order chi connectivity index (χ0) is 12.0. The lowest BCUT2D eigenvalue weighted by Crippen LogP contribution is -2.60. The maximum absolute atomic E-state index is 12.2. The lowest BCUT2D eigenvalue weighted by Gasteiger charge is -2.63. The van der Waals surface area contributed by atoms with E-state index in [4.69, 9.17) is 4.74 Å². The zero-order valence-electron chi connectivity index (χ0n) is 10.7. The molecule has 0 unspecified atom stereocenters. The van der Waals surface area contributed by atoms with Crippen molar-refractivity contribution in [1.82, 2.24) is 0 Å². The van der Waals surface area contributed by atoms with Gasteiger partial charge in [-0.2, -0.15) is 0 Å². The summed E-state index contributed by atoms with van der Waals surface area (Å²) in [5, 5.41) is 0. The molecule has 0 spiro atoms. The fraction of sp³-hybridized carbons (Fsp3) is 0.786. The maximum Gasteiger partial charge on any atom is 0.139 e. The Kier molecular flexibility index (Phi) is 2.64. The van der Waals surface area contributed by atoms with E-state index < -0.39 is 0 Å². The minimum atomic E-state index is -0.159. The molecule has 0 aliphatic heterocycles. The van der Waals surface area contributed by atoms with Crippen molar-refractivity contribution in [3.05, 3.63) is 12.3 Å². The summed E-state index contributed by atoms with van der Waals surface area (Å²) in [6.07, 6.45) is 6.51. The van der Waals surface area contributed by atoms with Crippen LogP contribution in [0.25, 0.3) is 0 Å². The first-order chi connectivity index (χ1) is 7.43. The Morgan fingerprint density at radius 1 is 1.44 bits per heavy atom. The van der Waals surface area contributed by atoms with Crippen molar-refractivity contribution >= 4 is 5.78 Å². The molecule has 3 saturated carbocycles. The summed E-state index contributed by atoms with van der Waals surface area (Å²) < 4.78 is 4.92. The number of Topliss-reactive ketones (excluding diaryl/α,β-unsaturated/α-hetero) is 1. The number of methoxy groups -OCH3 is 1. The SMILES string of the molecule is CO/C=C/C[C@@]1(C)C(=O)C[C@@H]2C[C@@H]1C2(C)C. The number of hydrogen-bond donors (Lipinski definition) is 0. The van der Waals surface area contributed by atoms with Crippen molar-refractivity contribution < 1.29 is 9.53 Å². The molecule has 0 radical (unpaired) electrons. The summed E-state index contributed by atoms with van der Waals surface area (Å²) in [7, 11) is 1.64. The standard InChI is InChI=1S/C14H22O2/c1-13(2)10-8-11(13)14(3,12(15)9-10)6-5-7-16-4/h5,7,10-11H,6,8-9H2,1-4H3/b7-5+/t10-,11+,14+/m0/s1. The predicted octanol–water partition coefficient (Wildman–Crippen LogP) is 3.18. The monoisotopic (exact) mass is 222 g/mol. The Balaban J connectivity index is 2.17. The van der Waals surface area contributed by atoms with Gasteiger partial charge in [-0.3, -0.25) is 4.79 Å². The summed E-state index contributed by atoms with van der Waals surface area (Å²) in [4.78, 5) is 12.2. The van der Waals surface area contributed by atoms with E-state index in [9.17, 15) is 4.79 Å². The van der Waals surface area contributed by atoms with Crippen molar-refractivity contribution in [3.8, 4) is 0 Å². The van der Waals surface area contributed by atoms with Gasteiger partial charge in [0.1, 0.15) is 5.78 Å². The second-order valence-corrected chi connectivity index (χ2v) is 6.16. The Morgan fingerprint density at radius 3 is 2.69 bits per heavy atom. The molecule has 3 fully saturated rings. The molecule has 0 aromatic carbocycles. The van der Waals surface area contributed by atoms with Gasteiger partial charge < -0.3 is 4.74 Å². The van der Waals surface area contributed by atoms with Crippen LogP contribution in [0.1, 0.15) is 40.0 Å². The van der Waals surface area contributed by atoms with Crippen LogP contribution in [-0.2, 0) is 9.53 Å². The van der Waals surface area contributed by atoms with E-state index in [2.05, 4.69) is 20.8 Å². The van der Waals surface area contributed by atoms with Gasteiger partial charge in [0, 0.05) is 11.8 Å². The van der Waals surface area contributed by atoms with Gasteiger partial charge in [-0.15, -0.1) is 0 Å². The summed E-state index contributed by atoms with van der Waals surface area (Å²) in [5.74, 6) is 1.63. The lowest BCUT2D eigenvalue weighted by molar-refractivity contribution is -0.173. The third kappa shape index (κ3) is 1.42. The van der Waals surface area contributed by atoms with Crippen molar-refractivity contribution in [2.75, 3.05) is 7.11 Å². The van der Waals surface area contributed by atoms with Gasteiger partial charge in [0.15, 0.2) is 0 Å². The zero-order valence-corrected chi connectivity index (χ0v) is 10.7. The van der Waals surface area contributed by atoms with E-state index in [1.165, 1.54) is 6.42 Å². The van der Waals surface area contributed by atoms with Gasteiger partial charge in [-0.25, -0.2) is 0 Å². The summed E-state index contributed by atoms with van der Waals surface area (Å²) >= 11 is 0. The minimum absolute atomic E-state index is 0.159. The Labute approximate surface area is 98.1 Å². The molecule has 16 heavy (non-hydrogen) atoms. The van der Waals surface area contributed by atoms with Gasteiger partial charge in [-0.05, 0) is 36.2 Å². The Hall–Kier alpha value is -0.790. The van der Waals surface area contributed by atoms with Crippen LogP contribution in [0.3, 0.4) is 0 Å². The molecule has 0 amide bonds. The molecule has 90 valence electrons. The number of ketones is 1. The van der Waals surface area contributed by atoms with E-state index in [0.29, 0.717) is 23.0 Å². The van der Waals surface area contributed by atoms with Crippen LogP contribution in [0.5, 0.6) is 0 Å². The largest absolute Gasteiger partial charge is 0.505 e. The summed E-state index contributed by atoms with van der Waals surface area (Å²) in [5.41, 5.74) is 0.191. The third-order valence-corrected chi connectivity index (χ3v) is 5.08. The molecule has 3 aliphatic rings. The van der Waals surface area contributed by atoms with Crippen molar-refractivity contribution in [2.45, 2.75) is 40.0 Å². The molecule has 2 bridgehead atoms. The van der Waals surface area contributed by atoms with Gasteiger partial charge >= 0.3 is 0 Å². The number of allylic oxidation sites excluding steroid dienone is 1. The van der Waals surface area contributed by atoms with E-state index >= 15 is 0 Å². The first-order valence-corrected chi connectivity index (χ1v) is 6.14. The molecule has 0 N–H and O–H groups in total. The molecular weight excluding hydrogens is 200 g/mol. The van der Waals surface area contributed by atoms with Gasteiger partial charge in [0.2, 0.25) is 0 Å². The number of carbonyl (C=O) groups is 1. The highest BCUT2D eigenvalue weighted by Gasteiger charge is 2.62. The highest BCUT2D eigenvalue weighted by atomic mass is 16.5. The molecule has 0 heterocycles. The number of rotatable bonds is 3. The molecule has 2 nitrogen and oxygen atoms in total. The molecule has 0 aromatic rings.